The average Bonchev–Trinajstić information content (AvgIpc) is 3.38. The number of benzene rings is 2. The molecule has 4 aromatic rings. The summed E-state index contributed by atoms with van der Waals surface area (Å²) in [4.78, 5) is 13.9. The van der Waals surface area contributed by atoms with E-state index in [9.17, 15) is 0 Å². The summed E-state index contributed by atoms with van der Waals surface area (Å²) >= 11 is 0. The number of aryl methyl sites for hydroxylation is 1. The molecule has 0 saturated heterocycles. The molecule has 0 bridgehead atoms. The van der Waals surface area contributed by atoms with Gasteiger partial charge in [-0.3, -0.25) is 9.25 Å². The van der Waals surface area contributed by atoms with E-state index in [-0.39, 0.29) is 0 Å². The molecule has 0 aliphatic heterocycles. The van der Waals surface area contributed by atoms with Gasteiger partial charge < -0.3 is 9.57 Å². The summed E-state index contributed by atoms with van der Waals surface area (Å²) in [5.41, 5.74) is 5.86. The standard InChI is InChI=1S/C22H24N6O2/c1-4-30-26-16(2)18-8-9-21-20(11-18)24-15-28(21)19-7-5-6-17(10-19)12-29-13-22-23-14-25-27(22)3/h5-11,14-15H,4,12-13H2,1-3H3. The molecule has 2 heterocycles. The predicted molar refractivity (Wildman–Crippen MR) is 114 cm³/mol. The van der Waals surface area contributed by atoms with Gasteiger partial charge in [-0.05, 0) is 43.7 Å². The van der Waals surface area contributed by atoms with Crippen LogP contribution in [0.5, 0.6) is 0 Å². The number of ether oxygens (including phenoxy) is 1. The molecule has 154 valence electrons. The van der Waals surface area contributed by atoms with Crippen LogP contribution in [0.1, 0.15) is 30.8 Å². The zero-order valence-corrected chi connectivity index (χ0v) is 17.3. The van der Waals surface area contributed by atoms with Crippen molar-refractivity contribution in [2.24, 2.45) is 12.2 Å². The second-order valence-corrected chi connectivity index (χ2v) is 6.88. The van der Waals surface area contributed by atoms with Gasteiger partial charge in [-0.25, -0.2) is 9.97 Å². The van der Waals surface area contributed by atoms with Crippen LogP contribution in [-0.2, 0) is 29.8 Å². The summed E-state index contributed by atoms with van der Waals surface area (Å²) in [7, 11) is 1.85. The van der Waals surface area contributed by atoms with Crippen molar-refractivity contribution in [1.82, 2.24) is 24.3 Å². The quantitative estimate of drug-likeness (QED) is 0.331. The average molecular weight is 404 g/mol. The first-order valence-corrected chi connectivity index (χ1v) is 9.79. The maximum absolute atomic E-state index is 5.81. The Hall–Kier alpha value is -3.52. The highest BCUT2D eigenvalue weighted by molar-refractivity contribution is 6.00. The van der Waals surface area contributed by atoms with Crippen LogP contribution < -0.4 is 0 Å². The van der Waals surface area contributed by atoms with E-state index in [2.05, 4.69) is 43.0 Å². The van der Waals surface area contributed by atoms with E-state index in [4.69, 9.17) is 9.57 Å². The highest BCUT2D eigenvalue weighted by Crippen LogP contribution is 2.21. The molecule has 8 nitrogen and oxygen atoms in total. The van der Waals surface area contributed by atoms with Gasteiger partial charge >= 0.3 is 0 Å². The number of rotatable bonds is 8. The Morgan fingerprint density at radius 1 is 1.10 bits per heavy atom. The highest BCUT2D eigenvalue weighted by Gasteiger charge is 2.08. The van der Waals surface area contributed by atoms with Crippen molar-refractivity contribution in [3.63, 3.8) is 0 Å². The van der Waals surface area contributed by atoms with Crippen molar-refractivity contribution < 1.29 is 9.57 Å². The fraction of sp³-hybridized carbons (Fsp3) is 0.273. The molecule has 0 unspecified atom stereocenters. The molecule has 2 aromatic heterocycles. The third-order valence-corrected chi connectivity index (χ3v) is 4.79. The van der Waals surface area contributed by atoms with Crippen LogP contribution in [0, 0.1) is 0 Å². The molecule has 0 atom stereocenters. The van der Waals surface area contributed by atoms with Crippen LogP contribution in [0.2, 0.25) is 0 Å². The number of hydrogen-bond donors (Lipinski definition) is 0. The molecule has 8 heteroatoms. The lowest BCUT2D eigenvalue weighted by molar-refractivity contribution is 0.0993. The molecule has 4 rings (SSSR count). The Morgan fingerprint density at radius 3 is 2.80 bits per heavy atom. The number of imidazole rings is 1. The van der Waals surface area contributed by atoms with E-state index < -0.39 is 0 Å². The van der Waals surface area contributed by atoms with Crippen LogP contribution in [0.3, 0.4) is 0 Å². The van der Waals surface area contributed by atoms with Crippen LogP contribution in [0.15, 0.2) is 60.3 Å². The van der Waals surface area contributed by atoms with Crippen LogP contribution in [0.25, 0.3) is 16.7 Å². The minimum absolute atomic E-state index is 0.417. The maximum Gasteiger partial charge on any atom is 0.152 e. The molecule has 0 fully saturated rings. The maximum atomic E-state index is 5.81. The fourth-order valence-corrected chi connectivity index (χ4v) is 3.16. The molecule has 0 aliphatic carbocycles. The van der Waals surface area contributed by atoms with Crippen molar-refractivity contribution in [1.29, 1.82) is 0 Å². The molecular weight excluding hydrogens is 380 g/mol. The molecule has 0 aliphatic rings. The van der Waals surface area contributed by atoms with Crippen molar-refractivity contribution in [2.75, 3.05) is 6.61 Å². The number of aromatic nitrogens is 5. The van der Waals surface area contributed by atoms with E-state index in [0.29, 0.717) is 19.8 Å². The molecule has 0 amide bonds. The molecule has 0 saturated carbocycles. The lowest BCUT2D eigenvalue weighted by Gasteiger charge is -2.09. The first kappa shape index (κ1) is 19.8. The third kappa shape index (κ3) is 4.23. The minimum Gasteiger partial charge on any atom is -0.396 e. The normalized spacial score (nSPS) is 11.9. The summed E-state index contributed by atoms with van der Waals surface area (Å²) in [5.74, 6) is 0.797. The van der Waals surface area contributed by atoms with Gasteiger partial charge in [0.25, 0.3) is 0 Å². The first-order valence-electron chi connectivity index (χ1n) is 9.79. The predicted octanol–water partition coefficient (Wildman–Crippen LogP) is 3.63. The number of fused-ring (bicyclic) bond motifs is 1. The molecule has 0 spiro atoms. The molecule has 0 N–H and O–H groups in total. The van der Waals surface area contributed by atoms with Crippen LogP contribution in [0.4, 0.5) is 0 Å². The van der Waals surface area contributed by atoms with E-state index in [1.54, 1.807) is 4.68 Å². The number of hydrogen-bond acceptors (Lipinski definition) is 6. The first-order chi connectivity index (χ1) is 14.7. The highest BCUT2D eigenvalue weighted by atomic mass is 16.6. The van der Waals surface area contributed by atoms with Gasteiger partial charge in [-0.15, -0.1) is 0 Å². The number of oxime groups is 1. The molecule has 30 heavy (non-hydrogen) atoms. The molecule has 0 radical (unpaired) electrons. The summed E-state index contributed by atoms with van der Waals surface area (Å²) in [6, 6.07) is 14.3. The smallest absolute Gasteiger partial charge is 0.152 e. The van der Waals surface area contributed by atoms with Gasteiger partial charge in [0, 0.05) is 18.3 Å². The van der Waals surface area contributed by atoms with Crippen molar-refractivity contribution in [3.05, 3.63) is 72.1 Å². The largest absolute Gasteiger partial charge is 0.396 e. The second kappa shape index (κ2) is 8.87. The van der Waals surface area contributed by atoms with Crippen molar-refractivity contribution in [3.8, 4) is 5.69 Å². The lowest BCUT2D eigenvalue weighted by Crippen LogP contribution is -2.03. The van der Waals surface area contributed by atoms with Gasteiger partial charge in [-0.2, -0.15) is 5.10 Å². The Morgan fingerprint density at radius 2 is 2.00 bits per heavy atom. The monoisotopic (exact) mass is 404 g/mol. The minimum atomic E-state index is 0.417. The van der Waals surface area contributed by atoms with Crippen LogP contribution >= 0.6 is 0 Å². The van der Waals surface area contributed by atoms with Crippen molar-refractivity contribution in [2.45, 2.75) is 27.1 Å². The topological polar surface area (TPSA) is 79.3 Å². The summed E-state index contributed by atoms with van der Waals surface area (Å²) < 4.78 is 9.59. The third-order valence-electron chi connectivity index (χ3n) is 4.79. The molecule has 2 aromatic carbocycles. The van der Waals surface area contributed by atoms with Gasteiger partial charge in [0.2, 0.25) is 0 Å². The Kier molecular flexibility index (Phi) is 5.85. The van der Waals surface area contributed by atoms with Gasteiger partial charge in [0.05, 0.1) is 23.4 Å². The lowest BCUT2D eigenvalue weighted by atomic mass is 10.1. The SMILES string of the molecule is CCON=C(C)c1ccc2c(c1)ncn2-c1cccc(COCc2ncnn2C)c1. The van der Waals surface area contributed by atoms with E-state index >= 15 is 0 Å². The number of nitrogens with zero attached hydrogens (tertiary/aromatic N) is 6. The van der Waals surface area contributed by atoms with E-state index in [1.165, 1.54) is 6.33 Å². The van der Waals surface area contributed by atoms with Gasteiger partial charge in [0.15, 0.2) is 5.82 Å². The molecular formula is C22H24N6O2. The Bertz CT molecular complexity index is 1180. The van der Waals surface area contributed by atoms with Gasteiger partial charge in [0.1, 0.15) is 25.9 Å². The van der Waals surface area contributed by atoms with Gasteiger partial charge in [-0.1, -0.05) is 23.4 Å². The van der Waals surface area contributed by atoms with E-state index in [0.717, 1.165) is 39.4 Å². The van der Waals surface area contributed by atoms with E-state index in [1.807, 2.05) is 51.5 Å². The Balaban J connectivity index is 1.52. The van der Waals surface area contributed by atoms with Crippen LogP contribution in [-0.4, -0.2) is 36.6 Å². The summed E-state index contributed by atoms with van der Waals surface area (Å²) in [6.45, 7) is 5.30. The second-order valence-electron chi connectivity index (χ2n) is 6.88. The fourth-order valence-electron chi connectivity index (χ4n) is 3.16. The zero-order chi connectivity index (χ0) is 20.9. The zero-order valence-electron chi connectivity index (χ0n) is 17.3. The Labute approximate surface area is 174 Å². The van der Waals surface area contributed by atoms with Crippen molar-refractivity contribution >= 4 is 16.7 Å². The summed E-state index contributed by atoms with van der Waals surface area (Å²) in [5, 5.41) is 8.16. The summed E-state index contributed by atoms with van der Waals surface area (Å²) in [6.07, 6.45) is 3.36.